The van der Waals surface area contributed by atoms with Crippen molar-refractivity contribution in [3.05, 3.63) is 95.6 Å². The first kappa shape index (κ1) is 14.2. The van der Waals surface area contributed by atoms with Gasteiger partial charge in [0.05, 0.1) is 0 Å². The van der Waals surface area contributed by atoms with Crippen LogP contribution in [0.15, 0.2) is 78.9 Å². The summed E-state index contributed by atoms with van der Waals surface area (Å²) >= 11 is 7.54. The Labute approximate surface area is 147 Å². The molecule has 1 aliphatic carbocycles. The smallest absolute Gasteiger partial charge is 0.0740 e. The van der Waals surface area contributed by atoms with Crippen molar-refractivity contribution in [1.82, 2.24) is 0 Å². The summed E-state index contributed by atoms with van der Waals surface area (Å²) < 4.78 is -0.266. The van der Waals surface area contributed by atoms with E-state index in [0.717, 1.165) is 0 Å². The van der Waals surface area contributed by atoms with Crippen molar-refractivity contribution in [1.29, 1.82) is 0 Å². The third kappa shape index (κ3) is 2.26. The second-order valence-electron chi connectivity index (χ2n) is 5.62. The van der Waals surface area contributed by atoms with Gasteiger partial charge in [-0.1, -0.05) is 111 Å². The lowest BCUT2D eigenvalue weighted by Gasteiger charge is -2.30. The van der Waals surface area contributed by atoms with Gasteiger partial charge < -0.3 is 0 Å². The van der Waals surface area contributed by atoms with Gasteiger partial charge in [0, 0.05) is 5.92 Å². The lowest BCUT2D eigenvalue weighted by atomic mass is 9.81. The zero-order valence-electron chi connectivity index (χ0n) is 11.8. The highest BCUT2D eigenvalue weighted by Gasteiger charge is 2.32. The summed E-state index contributed by atoms with van der Waals surface area (Å²) in [6.07, 6.45) is 4.48. The quantitative estimate of drug-likeness (QED) is 0.316. The highest BCUT2D eigenvalue weighted by atomic mass is 79.9. The standard InChI is InChI=1S/C20H14Br2/c21-20(22)13-12-17(18-9-3-4-11-19(18)20)16-10-5-7-14-6-1-2-8-15(14)16/h1-13,17H. The number of alkyl halides is 2. The molecule has 108 valence electrons. The van der Waals surface area contributed by atoms with Crippen LogP contribution in [0.5, 0.6) is 0 Å². The minimum absolute atomic E-state index is 0.266. The Balaban J connectivity index is 1.97. The summed E-state index contributed by atoms with van der Waals surface area (Å²) in [5, 5.41) is 2.62. The second-order valence-corrected chi connectivity index (χ2v) is 9.18. The zero-order valence-corrected chi connectivity index (χ0v) is 15.0. The lowest BCUT2D eigenvalue weighted by Crippen LogP contribution is -2.16. The van der Waals surface area contributed by atoms with Crippen molar-refractivity contribution in [3.63, 3.8) is 0 Å². The number of hydrogen-bond donors (Lipinski definition) is 0. The molecule has 3 aromatic rings. The number of halogens is 2. The minimum atomic E-state index is -0.266. The van der Waals surface area contributed by atoms with Crippen LogP contribution in [0.1, 0.15) is 22.6 Å². The monoisotopic (exact) mass is 412 g/mol. The van der Waals surface area contributed by atoms with E-state index in [9.17, 15) is 0 Å². The number of hydrogen-bond acceptors (Lipinski definition) is 0. The highest BCUT2D eigenvalue weighted by molar-refractivity contribution is 9.25. The summed E-state index contributed by atoms with van der Waals surface area (Å²) in [6.45, 7) is 0. The average molecular weight is 414 g/mol. The summed E-state index contributed by atoms with van der Waals surface area (Å²) in [6, 6.07) is 23.8. The molecule has 0 bridgehead atoms. The molecule has 3 aromatic carbocycles. The molecule has 0 aliphatic heterocycles. The molecule has 0 aromatic heterocycles. The molecule has 0 radical (unpaired) electrons. The fourth-order valence-corrected chi connectivity index (χ4v) is 4.30. The third-order valence-corrected chi connectivity index (χ3v) is 5.69. The van der Waals surface area contributed by atoms with E-state index in [1.54, 1.807) is 0 Å². The normalized spacial score (nSPS) is 19.1. The molecular formula is C20H14Br2. The van der Waals surface area contributed by atoms with Gasteiger partial charge in [0.2, 0.25) is 0 Å². The van der Waals surface area contributed by atoms with E-state index >= 15 is 0 Å². The van der Waals surface area contributed by atoms with Gasteiger partial charge in [-0.3, -0.25) is 0 Å². The molecule has 0 nitrogen and oxygen atoms in total. The fourth-order valence-electron chi connectivity index (χ4n) is 3.28. The average Bonchev–Trinajstić information content (AvgIpc) is 2.55. The Morgan fingerprint density at radius 2 is 1.41 bits per heavy atom. The van der Waals surface area contributed by atoms with Gasteiger partial charge in [0.15, 0.2) is 0 Å². The lowest BCUT2D eigenvalue weighted by molar-refractivity contribution is 0.942. The van der Waals surface area contributed by atoms with Gasteiger partial charge in [-0.15, -0.1) is 0 Å². The van der Waals surface area contributed by atoms with Crippen LogP contribution in [-0.2, 0) is 3.23 Å². The van der Waals surface area contributed by atoms with Gasteiger partial charge in [-0.05, 0) is 27.5 Å². The minimum Gasteiger partial charge on any atom is -0.0740 e. The maximum absolute atomic E-state index is 3.77. The molecule has 22 heavy (non-hydrogen) atoms. The third-order valence-electron chi connectivity index (χ3n) is 4.31. The van der Waals surface area contributed by atoms with Gasteiger partial charge in [0.25, 0.3) is 0 Å². The molecule has 1 atom stereocenters. The van der Waals surface area contributed by atoms with Crippen molar-refractivity contribution in [2.24, 2.45) is 0 Å². The molecule has 0 spiro atoms. The molecule has 0 fully saturated rings. The number of allylic oxidation sites excluding steroid dienone is 2. The van der Waals surface area contributed by atoms with Crippen LogP contribution in [-0.4, -0.2) is 0 Å². The van der Waals surface area contributed by atoms with Crippen LogP contribution in [0.25, 0.3) is 10.8 Å². The molecule has 0 amide bonds. The van der Waals surface area contributed by atoms with Crippen LogP contribution < -0.4 is 0 Å². The fraction of sp³-hybridized carbons (Fsp3) is 0.100. The second kappa shape index (κ2) is 5.36. The molecule has 0 saturated heterocycles. The summed E-state index contributed by atoms with van der Waals surface area (Å²) in [5.41, 5.74) is 3.97. The molecule has 1 aliphatic rings. The Kier molecular flexibility index (Phi) is 3.47. The van der Waals surface area contributed by atoms with Gasteiger partial charge >= 0.3 is 0 Å². The molecule has 1 unspecified atom stereocenters. The summed E-state index contributed by atoms with van der Waals surface area (Å²) in [7, 11) is 0. The molecule has 4 rings (SSSR count). The van der Waals surface area contributed by atoms with E-state index < -0.39 is 0 Å². The Morgan fingerprint density at radius 1 is 0.727 bits per heavy atom. The first-order valence-electron chi connectivity index (χ1n) is 7.31. The van der Waals surface area contributed by atoms with E-state index in [-0.39, 0.29) is 9.15 Å². The van der Waals surface area contributed by atoms with Crippen LogP contribution in [0.2, 0.25) is 0 Å². The Bertz CT molecular complexity index is 872. The van der Waals surface area contributed by atoms with Gasteiger partial charge in [-0.25, -0.2) is 0 Å². The summed E-state index contributed by atoms with van der Waals surface area (Å²) in [5.74, 6) is 0.283. The van der Waals surface area contributed by atoms with Crippen LogP contribution in [0, 0.1) is 0 Å². The first-order chi connectivity index (χ1) is 10.7. The predicted molar refractivity (Wildman–Crippen MR) is 101 cm³/mol. The van der Waals surface area contributed by atoms with Crippen LogP contribution in [0.4, 0.5) is 0 Å². The van der Waals surface area contributed by atoms with Crippen molar-refractivity contribution >= 4 is 42.6 Å². The first-order valence-corrected chi connectivity index (χ1v) is 8.90. The largest absolute Gasteiger partial charge is 0.124 e. The zero-order chi connectivity index (χ0) is 15.2. The number of fused-ring (bicyclic) bond motifs is 2. The topological polar surface area (TPSA) is 0 Å². The van der Waals surface area contributed by atoms with Crippen molar-refractivity contribution in [2.75, 3.05) is 0 Å². The van der Waals surface area contributed by atoms with Gasteiger partial charge in [-0.2, -0.15) is 0 Å². The Hall–Kier alpha value is -1.38. The number of benzene rings is 3. The predicted octanol–water partition coefficient (Wildman–Crippen LogP) is 6.48. The van der Waals surface area contributed by atoms with E-state index in [1.165, 1.54) is 27.5 Å². The van der Waals surface area contributed by atoms with Crippen molar-refractivity contribution < 1.29 is 0 Å². The Morgan fingerprint density at radius 3 is 2.32 bits per heavy atom. The van der Waals surface area contributed by atoms with Crippen LogP contribution in [0.3, 0.4) is 0 Å². The summed E-state index contributed by atoms with van der Waals surface area (Å²) in [4.78, 5) is 0. The van der Waals surface area contributed by atoms with E-state index in [1.807, 2.05) is 0 Å². The highest BCUT2D eigenvalue weighted by Crippen LogP contribution is 2.49. The molecule has 0 N–H and O–H groups in total. The van der Waals surface area contributed by atoms with Crippen molar-refractivity contribution in [3.8, 4) is 0 Å². The van der Waals surface area contributed by atoms with E-state index in [0.29, 0.717) is 0 Å². The maximum Gasteiger partial charge on any atom is 0.124 e. The molecule has 0 heterocycles. The molecule has 2 heteroatoms. The number of rotatable bonds is 1. The van der Waals surface area contributed by atoms with Gasteiger partial charge in [0.1, 0.15) is 3.23 Å². The van der Waals surface area contributed by atoms with Crippen molar-refractivity contribution in [2.45, 2.75) is 9.15 Å². The molecule has 0 saturated carbocycles. The SMILES string of the molecule is BrC1(Br)C=CC(c2cccc3ccccc23)c2ccccc21. The van der Waals surface area contributed by atoms with Crippen LogP contribution >= 0.6 is 31.9 Å². The molecular weight excluding hydrogens is 400 g/mol. The van der Waals surface area contributed by atoms with E-state index in [2.05, 4.69) is 111 Å². The van der Waals surface area contributed by atoms with E-state index in [4.69, 9.17) is 0 Å². The maximum atomic E-state index is 3.77.